The second-order valence-electron chi connectivity index (χ2n) is 2.35. The van der Waals surface area contributed by atoms with Gasteiger partial charge in [-0.1, -0.05) is 6.92 Å². The van der Waals surface area contributed by atoms with E-state index < -0.39 is 5.97 Å². The molecular weight excluding hydrogens is 188 g/mol. The summed E-state index contributed by atoms with van der Waals surface area (Å²) < 4.78 is 14.6. The Morgan fingerprint density at radius 2 is 1.43 bits per heavy atom. The molecule has 0 unspecified atom stereocenters. The van der Waals surface area contributed by atoms with Gasteiger partial charge in [0.2, 0.25) is 0 Å². The molecular formula is C9H20O5. The number of rotatable bonds is 7. The van der Waals surface area contributed by atoms with Gasteiger partial charge in [0, 0.05) is 20.6 Å². The van der Waals surface area contributed by atoms with Gasteiger partial charge in [-0.2, -0.15) is 0 Å². The van der Waals surface area contributed by atoms with Crippen LogP contribution in [0.3, 0.4) is 0 Å². The van der Waals surface area contributed by atoms with Gasteiger partial charge < -0.3 is 19.3 Å². The molecule has 0 atom stereocenters. The number of methoxy groups -OCH3 is 2. The molecule has 0 radical (unpaired) electrons. The lowest BCUT2D eigenvalue weighted by atomic mass is 10.5. The lowest BCUT2D eigenvalue weighted by Crippen LogP contribution is -2.06. The molecule has 0 aliphatic heterocycles. The van der Waals surface area contributed by atoms with Crippen molar-refractivity contribution in [3.05, 3.63) is 0 Å². The van der Waals surface area contributed by atoms with Gasteiger partial charge in [-0.25, -0.2) is 0 Å². The first-order valence-electron chi connectivity index (χ1n) is 4.46. The van der Waals surface area contributed by atoms with Gasteiger partial charge in [0.05, 0.1) is 26.4 Å². The first kappa shape index (κ1) is 15.8. The zero-order valence-corrected chi connectivity index (χ0v) is 9.12. The van der Waals surface area contributed by atoms with Crippen LogP contribution in [0, 0.1) is 0 Å². The molecule has 86 valence electrons. The summed E-state index contributed by atoms with van der Waals surface area (Å²) in [7, 11) is 3.30. The quantitative estimate of drug-likeness (QED) is 0.626. The van der Waals surface area contributed by atoms with E-state index in [1.54, 1.807) is 21.1 Å². The van der Waals surface area contributed by atoms with E-state index in [0.29, 0.717) is 26.4 Å². The Balaban J connectivity index is 0. The fourth-order valence-electron chi connectivity index (χ4n) is 0.387. The van der Waals surface area contributed by atoms with Crippen LogP contribution in [-0.4, -0.2) is 51.7 Å². The van der Waals surface area contributed by atoms with Crippen LogP contribution in [0.15, 0.2) is 0 Å². The van der Waals surface area contributed by atoms with Crippen LogP contribution in [-0.2, 0) is 19.0 Å². The first-order valence-corrected chi connectivity index (χ1v) is 4.46. The first-order chi connectivity index (χ1) is 6.68. The lowest BCUT2D eigenvalue weighted by Gasteiger charge is -2.00. The van der Waals surface area contributed by atoms with Crippen LogP contribution >= 0.6 is 0 Å². The van der Waals surface area contributed by atoms with Crippen LogP contribution in [0.5, 0.6) is 0 Å². The molecule has 0 fully saturated rings. The van der Waals surface area contributed by atoms with Gasteiger partial charge in [0.25, 0.3) is 0 Å². The summed E-state index contributed by atoms with van der Waals surface area (Å²) in [5.74, 6) is -0.745. The number of ether oxygens (including phenoxy) is 3. The molecule has 5 heteroatoms. The van der Waals surface area contributed by atoms with Crippen molar-refractivity contribution >= 4 is 5.97 Å². The van der Waals surface area contributed by atoms with E-state index in [2.05, 4.69) is 0 Å². The number of hydrogen-bond acceptors (Lipinski definition) is 4. The second kappa shape index (κ2) is 14.9. The normalized spacial score (nSPS) is 9.07. The van der Waals surface area contributed by atoms with Crippen LogP contribution in [0.4, 0.5) is 0 Å². The number of carbonyl (C=O) groups is 1. The van der Waals surface area contributed by atoms with Gasteiger partial charge in [0.1, 0.15) is 0 Å². The van der Waals surface area contributed by atoms with Crippen molar-refractivity contribution in [3.8, 4) is 0 Å². The summed E-state index contributed by atoms with van der Waals surface area (Å²) in [5.41, 5.74) is 0. The maximum absolute atomic E-state index is 9.37. The van der Waals surface area contributed by atoms with Crippen molar-refractivity contribution in [2.24, 2.45) is 0 Å². The summed E-state index contributed by atoms with van der Waals surface area (Å²) in [5, 5.41) is 7.72. The van der Waals surface area contributed by atoms with E-state index in [0.717, 1.165) is 0 Å². The van der Waals surface area contributed by atoms with Crippen molar-refractivity contribution in [1.29, 1.82) is 0 Å². The minimum atomic E-state index is -0.745. The smallest absolute Gasteiger partial charge is 0.303 e. The summed E-state index contributed by atoms with van der Waals surface area (Å²) in [4.78, 5) is 9.37. The maximum Gasteiger partial charge on any atom is 0.303 e. The zero-order chi connectivity index (χ0) is 11.2. The molecule has 14 heavy (non-hydrogen) atoms. The van der Waals surface area contributed by atoms with Crippen molar-refractivity contribution in [2.45, 2.75) is 13.3 Å². The Morgan fingerprint density at radius 1 is 1.07 bits per heavy atom. The van der Waals surface area contributed by atoms with Crippen molar-refractivity contribution < 1.29 is 24.1 Å². The highest BCUT2D eigenvalue weighted by Crippen LogP contribution is 1.75. The average molecular weight is 208 g/mol. The molecule has 0 bridgehead atoms. The van der Waals surface area contributed by atoms with Crippen molar-refractivity contribution in [3.63, 3.8) is 0 Å². The topological polar surface area (TPSA) is 65.0 Å². The van der Waals surface area contributed by atoms with E-state index in [-0.39, 0.29) is 6.42 Å². The predicted octanol–water partition coefficient (Wildman–Crippen LogP) is 0.777. The van der Waals surface area contributed by atoms with Crippen molar-refractivity contribution in [2.75, 3.05) is 40.6 Å². The Bertz CT molecular complexity index is 110. The van der Waals surface area contributed by atoms with E-state index >= 15 is 0 Å². The van der Waals surface area contributed by atoms with Crippen LogP contribution in [0.25, 0.3) is 0 Å². The molecule has 0 aromatic carbocycles. The van der Waals surface area contributed by atoms with Gasteiger partial charge >= 0.3 is 5.97 Å². The van der Waals surface area contributed by atoms with E-state index in [9.17, 15) is 4.79 Å². The third-order valence-corrected chi connectivity index (χ3v) is 1.17. The van der Waals surface area contributed by atoms with Crippen LogP contribution in [0.2, 0.25) is 0 Å². The van der Waals surface area contributed by atoms with Crippen LogP contribution in [0.1, 0.15) is 13.3 Å². The predicted molar refractivity (Wildman–Crippen MR) is 52.5 cm³/mol. The molecule has 0 saturated carbocycles. The lowest BCUT2D eigenvalue weighted by molar-refractivity contribution is -0.136. The third kappa shape index (κ3) is 22.5. The molecule has 0 spiro atoms. The number of carboxylic acid groups (broad SMARTS) is 1. The minimum absolute atomic E-state index is 0.222. The summed E-state index contributed by atoms with van der Waals surface area (Å²) in [6, 6.07) is 0. The zero-order valence-electron chi connectivity index (χ0n) is 9.12. The standard InChI is InChI=1S/C6H14O3.C3H6O2/c1-7-3-5-9-6-4-8-2;1-2-3(4)5/h3-6H2,1-2H3;2H2,1H3,(H,4,5). The largest absolute Gasteiger partial charge is 0.481 e. The summed E-state index contributed by atoms with van der Waals surface area (Å²) >= 11 is 0. The molecule has 0 aromatic heterocycles. The molecule has 0 rings (SSSR count). The second-order valence-corrected chi connectivity index (χ2v) is 2.35. The fraction of sp³-hybridized carbons (Fsp3) is 0.889. The summed E-state index contributed by atoms with van der Waals surface area (Å²) in [6.45, 7) is 4.22. The Kier molecular flexibility index (Phi) is 16.8. The molecule has 0 aromatic rings. The Hall–Kier alpha value is -0.650. The molecule has 5 nitrogen and oxygen atoms in total. The van der Waals surface area contributed by atoms with Gasteiger partial charge in [-0.05, 0) is 0 Å². The molecule has 0 aliphatic rings. The van der Waals surface area contributed by atoms with Gasteiger partial charge in [-0.3, -0.25) is 4.79 Å². The highest BCUT2D eigenvalue weighted by atomic mass is 16.5. The van der Waals surface area contributed by atoms with Gasteiger partial charge in [-0.15, -0.1) is 0 Å². The average Bonchev–Trinajstić information content (AvgIpc) is 2.19. The summed E-state index contributed by atoms with van der Waals surface area (Å²) in [6.07, 6.45) is 0.222. The van der Waals surface area contributed by atoms with E-state index in [1.165, 1.54) is 0 Å². The highest BCUT2D eigenvalue weighted by Gasteiger charge is 1.84. The molecule has 0 heterocycles. The maximum atomic E-state index is 9.37. The number of carboxylic acids is 1. The molecule has 1 N–H and O–H groups in total. The molecule has 0 amide bonds. The third-order valence-electron chi connectivity index (χ3n) is 1.17. The fourth-order valence-corrected chi connectivity index (χ4v) is 0.387. The van der Waals surface area contributed by atoms with E-state index in [4.69, 9.17) is 19.3 Å². The highest BCUT2D eigenvalue weighted by molar-refractivity contribution is 5.66. The number of aliphatic carboxylic acids is 1. The Morgan fingerprint density at radius 3 is 1.64 bits per heavy atom. The SMILES string of the molecule is CCC(=O)O.COCCOCCOC. The minimum Gasteiger partial charge on any atom is -0.481 e. The monoisotopic (exact) mass is 208 g/mol. The van der Waals surface area contributed by atoms with Crippen LogP contribution < -0.4 is 0 Å². The molecule has 0 saturated heterocycles. The molecule has 0 aliphatic carbocycles. The van der Waals surface area contributed by atoms with Crippen molar-refractivity contribution in [1.82, 2.24) is 0 Å². The van der Waals surface area contributed by atoms with Gasteiger partial charge in [0.15, 0.2) is 0 Å². The Labute approximate surface area is 85.0 Å². The van der Waals surface area contributed by atoms with E-state index in [1.807, 2.05) is 0 Å². The number of hydrogen-bond donors (Lipinski definition) is 1.